The number of nitrogens with zero attached hydrogens (tertiary/aromatic N) is 3. The summed E-state index contributed by atoms with van der Waals surface area (Å²) >= 11 is 10.8. The number of hydrogen-bond acceptors (Lipinski definition) is 5. The van der Waals surface area contributed by atoms with Crippen molar-refractivity contribution in [1.29, 1.82) is 0 Å². The van der Waals surface area contributed by atoms with Gasteiger partial charge in [0, 0.05) is 11.0 Å². The van der Waals surface area contributed by atoms with Gasteiger partial charge in [0.2, 0.25) is 5.91 Å². The van der Waals surface area contributed by atoms with Crippen LogP contribution in [0.15, 0.2) is 58.2 Å². The Labute approximate surface area is 180 Å². The fraction of sp³-hybridized carbons (Fsp3) is 0.211. The SMILES string of the molecule is CCn1c(COc2ccccc2)nnc1SCC(=O)Nc1ccc(Br)cc1Cl. The number of hydrogen-bond donors (Lipinski definition) is 1. The highest BCUT2D eigenvalue weighted by molar-refractivity contribution is 9.10. The van der Waals surface area contributed by atoms with E-state index in [2.05, 4.69) is 31.4 Å². The Balaban J connectivity index is 1.58. The molecule has 0 aliphatic heterocycles. The van der Waals surface area contributed by atoms with Crippen molar-refractivity contribution in [2.75, 3.05) is 11.1 Å². The molecule has 1 amide bonds. The third-order valence-electron chi connectivity index (χ3n) is 3.76. The molecule has 1 aromatic heterocycles. The fourth-order valence-electron chi connectivity index (χ4n) is 2.42. The number of nitrogens with one attached hydrogen (secondary N) is 1. The number of rotatable bonds is 8. The molecule has 0 unspecified atom stereocenters. The van der Waals surface area contributed by atoms with Gasteiger partial charge in [0.05, 0.1) is 16.5 Å². The van der Waals surface area contributed by atoms with Crippen LogP contribution in [0.25, 0.3) is 0 Å². The molecule has 0 aliphatic rings. The molecule has 0 bridgehead atoms. The zero-order chi connectivity index (χ0) is 19.9. The molecule has 0 saturated heterocycles. The third-order valence-corrected chi connectivity index (χ3v) is 5.53. The quantitative estimate of drug-likeness (QED) is 0.457. The molecule has 0 radical (unpaired) electrons. The van der Waals surface area contributed by atoms with Crippen molar-refractivity contribution >= 4 is 50.9 Å². The van der Waals surface area contributed by atoms with Crippen LogP contribution < -0.4 is 10.1 Å². The van der Waals surface area contributed by atoms with Gasteiger partial charge in [-0.15, -0.1) is 10.2 Å². The Morgan fingerprint density at radius 1 is 1.25 bits per heavy atom. The standard InChI is InChI=1S/C19H18BrClN4O2S/c1-2-25-17(11-27-14-6-4-3-5-7-14)23-24-19(25)28-12-18(26)22-16-9-8-13(20)10-15(16)21/h3-10H,2,11-12H2,1H3,(H,22,26). The summed E-state index contributed by atoms with van der Waals surface area (Å²) in [5.41, 5.74) is 0.573. The van der Waals surface area contributed by atoms with Crippen LogP contribution in [-0.4, -0.2) is 26.4 Å². The first kappa shape index (κ1) is 20.7. The van der Waals surface area contributed by atoms with Crippen molar-refractivity contribution in [2.45, 2.75) is 25.2 Å². The summed E-state index contributed by atoms with van der Waals surface area (Å²) in [4.78, 5) is 12.3. The van der Waals surface area contributed by atoms with E-state index in [-0.39, 0.29) is 11.7 Å². The minimum Gasteiger partial charge on any atom is -0.486 e. The topological polar surface area (TPSA) is 69.0 Å². The molecule has 3 rings (SSSR count). The van der Waals surface area contributed by atoms with Gasteiger partial charge in [0.25, 0.3) is 0 Å². The number of carbonyl (C=O) groups is 1. The van der Waals surface area contributed by atoms with Gasteiger partial charge in [-0.1, -0.05) is 57.5 Å². The van der Waals surface area contributed by atoms with Crippen molar-refractivity contribution in [3.63, 3.8) is 0 Å². The molecule has 6 nitrogen and oxygen atoms in total. The molecule has 28 heavy (non-hydrogen) atoms. The van der Waals surface area contributed by atoms with Crippen LogP contribution in [0.1, 0.15) is 12.7 Å². The number of ether oxygens (including phenoxy) is 1. The Hall–Kier alpha value is -2.03. The second kappa shape index (κ2) is 9.95. The molecule has 0 saturated carbocycles. The van der Waals surface area contributed by atoms with Gasteiger partial charge >= 0.3 is 0 Å². The Morgan fingerprint density at radius 2 is 2.04 bits per heavy atom. The molecular weight excluding hydrogens is 464 g/mol. The monoisotopic (exact) mass is 480 g/mol. The van der Waals surface area contributed by atoms with Crippen LogP contribution in [0, 0.1) is 0 Å². The highest BCUT2D eigenvalue weighted by atomic mass is 79.9. The zero-order valence-corrected chi connectivity index (χ0v) is 18.2. The van der Waals surface area contributed by atoms with Crippen molar-refractivity contribution in [2.24, 2.45) is 0 Å². The fourth-order valence-corrected chi connectivity index (χ4v) is 3.96. The molecule has 9 heteroatoms. The largest absolute Gasteiger partial charge is 0.486 e. The number of carbonyl (C=O) groups excluding carboxylic acids is 1. The lowest BCUT2D eigenvalue weighted by Crippen LogP contribution is -2.15. The molecule has 3 aromatic rings. The predicted octanol–water partition coefficient (Wildman–Crippen LogP) is 5.02. The number of halogens is 2. The third kappa shape index (κ3) is 5.50. The number of benzene rings is 2. The highest BCUT2D eigenvalue weighted by Crippen LogP contribution is 2.26. The van der Waals surface area contributed by atoms with Gasteiger partial charge < -0.3 is 14.6 Å². The summed E-state index contributed by atoms with van der Waals surface area (Å²) in [6.45, 7) is 3.00. The van der Waals surface area contributed by atoms with Crippen LogP contribution in [0.2, 0.25) is 5.02 Å². The summed E-state index contributed by atoms with van der Waals surface area (Å²) in [5.74, 6) is 1.52. The first-order valence-corrected chi connectivity index (χ1v) is 10.7. The number of amides is 1. The summed E-state index contributed by atoms with van der Waals surface area (Å²) < 4.78 is 8.54. The van der Waals surface area contributed by atoms with E-state index in [0.29, 0.717) is 34.8 Å². The molecule has 146 valence electrons. The van der Waals surface area contributed by atoms with Crippen LogP contribution in [0.5, 0.6) is 5.75 Å². The maximum absolute atomic E-state index is 12.3. The zero-order valence-electron chi connectivity index (χ0n) is 15.1. The van der Waals surface area contributed by atoms with E-state index in [4.69, 9.17) is 16.3 Å². The van der Waals surface area contributed by atoms with E-state index >= 15 is 0 Å². The average molecular weight is 482 g/mol. The predicted molar refractivity (Wildman–Crippen MR) is 115 cm³/mol. The van der Waals surface area contributed by atoms with Crippen molar-refractivity contribution < 1.29 is 9.53 Å². The van der Waals surface area contributed by atoms with Gasteiger partial charge in [-0.3, -0.25) is 4.79 Å². The normalized spacial score (nSPS) is 10.7. The molecule has 0 aliphatic carbocycles. The summed E-state index contributed by atoms with van der Waals surface area (Å²) in [5, 5.41) is 12.3. The van der Waals surface area contributed by atoms with E-state index in [9.17, 15) is 4.79 Å². The van der Waals surface area contributed by atoms with Gasteiger partial charge in [0.1, 0.15) is 12.4 Å². The number of aromatic nitrogens is 3. The minimum absolute atomic E-state index is 0.165. The highest BCUT2D eigenvalue weighted by Gasteiger charge is 2.14. The average Bonchev–Trinajstić information content (AvgIpc) is 3.09. The maximum Gasteiger partial charge on any atom is 0.234 e. The summed E-state index contributed by atoms with van der Waals surface area (Å²) in [6, 6.07) is 14.8. The van der Waals surface area contributed by atoms with E-state index < -0.39 is 0 Å². The molecule has 1 N–H and O–H groups in total. The summed E-state index contributed by atoms with van der Waals surface area (Å²) in [7, 11) is 0. The molecule has 0 atom stereocenters. The van der Waals surface area contributed by atoms with Crippen molar-refractivity contribution in [3.05, 3.63) is 63.9 Å². The molecule has 0 fully saturated rings. The van der Waals surface area contributed by atoms with Gasteiger partial charge in [-0.2, -0.15) is 0 Å². The van der Waals surface area contributed by atoms with Gasteiger partial charge in [0.15, 0.2) is 11.0 Å². The lowest BCUT2D eigenvalue weighted by atomic mass is 10.3. The second-order valence-corrected chi connectivity index (χ2v) is 7.97. The Kier molecular flexibility index (Phi) is 7.36. The molecule has 0 spiro atoms. The lowest BCUT2D eigenvalue weighted by molar-refractivity contribution is -0.113. The second-order valence-electron chi connectivity index (χ2n) is 5.71. The van der Waals surface area contributed by atoms with Crippen molar-refractivity contribution in [1.82, 2.24) is 14.8 Å². The van der Waals surface area contributed by atoms with Crippen LogP contribution in [-0.2, 0) is 17.9 Å². The van der Waals surface area contributed by atoms with Gasteiger partial charge in [-0.05, 0) is 37.3 Å². The van der Waals surface area contributed by atoms with Crippen LogP contribution >= 0.6 is 39.3 Å². The summed E-state index contributed by atoms with van der Waals surface area (Å²) in [6.07, 6.45) is 0. The number of anilines is 1. The van der Waals surface area contributed by atoms with E-state index in [1.807, 2.05) is 47.9 Å². The minimum atomic E-state index is -0.165. The molecule has 1 heterocycles. The van der Waals surface area contributed by atoms with E-state index in [1.54, 1.807) is 12.1 Å². The first-order chi connectivity index (χ1) is 13.6. The smallest absolute Gasteiger partial charge is 0.234 e. The number of thioether (sulfide) groups is 1. The molecule has 2 aromatic carbocycles. The van der Waals surface area contributed by atoms with Crippen molar-refractivity contribution in [3.8, 4) is 5.75 Å². The lowest BCUT2D eigenvalue weighted by Gasteiger charge is -2.09. The van der Waals surface area contributed by atoms with Gasteiger partial charge in [-0.25, -0.2) is 0 Å². The molecular formula is C19H18BrClN4O2S. The maximum atomic E-state index is 12.3. The van der Waals surface area contributed by atoms with E-state index in [0.717, 1.165) is 10.2 Å². The first-order valence-electron chi connectivity index (χ1n) is 8.54. The van der Waals surface area contributed by atoms with E-state index in [1.165, 1.54) is 11.8 Å². The Bertz CT molecular complexity index is 952. The van der Waals surface area contributed by atoms with Crippen LogP contribution in [0.4, 0.5) is 5.69 Å². The number of para-hydroxylation sites is 1. The van der Waals surface area contributed by atoms with Crippen LogP contribution in [0.3, 0.4) is 0 Å². The Morgan fingerprint density at radius 3 is 2.75 bits per heavy atom.